The Kier molecular flexibility index (Phi) is 9.29. The lowest BCUT2D eigenvalue weighted by atomic mass is 10.1. The van der Waals surface area contributed by atoms with Crippen LogP contribution in [0.4, 0.5) is 17.3 Å². The minimum absolute atomic E-state index is 0.0735. The Morgan fingerprint density at radius 1 is 0.851 bits per heavy atom. The summed E-state index contributed by atoms with van der Waals surface area (Å²) >= 11 is 1.56. The lowest BCUT2D eigenvalue weighted by Crippen LogP contribution is -2.46. The number of aliphatic hydroxyl groups excluding tert-OH is 1. The predicted molar refractivity (Wildman–Crippen MR) is 187 cm³/mol. The molecule has 3 N–H and O–H groups in total. The van der Waals surface area contributed by atoms with Gasteiger partial charge in [0.1, 0.15) is 5.69 Å². The molecule has 1 aliphatic heterocycles. The van der Waals surface area contributed by atoms with Gasteiger partial charge < -0.3 is 15.7 Å². The van der Waals surface area contributed by atoms with Gasteiger partial charge >= 0.3 is 0 Å². The summed E-state index contributed by atoms with van der Waals surface area (Å²) in [6.45, 7) is 5.73. The zero-order chi connectivity index (χ0) is 32.0. The summed E-state index contributed by atoms with van der Waals surface area (Å²) in [6.07, 6.45) is 4.06. The Morgan fingerprint density at radius 3 is 2.49 bits per heavy atom. The second-order valence-corrected chi connectivity index (χ2v) is 12.5. The van der Waals surface area contributed by atoms with Crippen LogP contribution in [0.1, 0.15) is 11.1 Å². The number of β-amino-alcohol motifs (C(OH)–C–C–N with tert-alkyl or cyclic N) is 1. The Hall–Kier alpha value is -4.94. The SMILES string of the molecule is O=C(Cc1ccccc1)Nc1cccc(-c2nc3sccn3c2-c2ccnc(Nc3cccc(CN4CCN(CCO)CC4)c3)n2)c1. The van der Waals surface area contributed by atoms with E-state index in [0.717, 1.165) is 78.1 Å². The molecule has 0 radical (unpaired) electrons. The van der Waals surface area contributed by atoms with Crippen LogP contribution in [0, 0.1) is 0 Å². The zero-order valence-corrected chi connectivity index (χ0v) is 26.7. The van der Waals surface area contributed by atoms with E-state index >= 15 is 0 Å². The highest BCUT2D eigenvalue weighted by molar-refractivity contribution is 7.15. The minimum Gasteiger partial charge on any atom is -0.395 e. The maximum atomic E-state index is 12.8. The lowest BCUT2D eigenvalue weighted by Gasteiger charge is -2.34. The number of aliphatic hydroxyl groups is 1. The van der Waals surface area contributed by atoms with Gasteiger partial charge in [-0.1, -0.05) is 54.6 Å². The van der Waals surface area contributed by atoms with Gasteiger partial charge in [-0.05, 0) is 41.5 Å². The first kappa shape index (κ1) is 30.7. The van der Waals surface area contributed by atoms with Crippen LogP contribution in [0.2, 0.25) is 0 Å². The highest BCUT2D eigenvalue weighted by Gasteiger charge is 2.20. The van der Waals surface area contributed by atoms with Gasteiger partial charge in [0.2, 0.25) is 11.9 Å². The number of amides is 1. The average molecular weight is 645 g/mol. The van der Waals surface area contributed by atoms with Gasteiger partial charge in [-0.3, -0.25) is 19.0 Å². The van der Waals surface area contributed by atoms with E-state index in [4.69, 9.17) is 9.97 Å². The summed E-state index contributed by atoms with van der Waals surface area (Å²) in [5.41, 5.74) is 7.07. The maximum absolute atomic E-state index is 12.8. The second-order valence-electron chi connectivity index (χ2n) is 11.6. The molecule has 0 aliphatic carbocycles. The number of rotatable bonds is 11. The van der Waals surface area contributed by atoms with Crippen molar-refractivity contribution in [1.29, 1.82) is 0 Å². The number of benzene rings is 3. The van der Waals surface area contributed by atoms with Gasteiger partial charge in [-0.15, -0.1) is 11.3 Å². The van der Waals surface area contributed by atoms with E-state index in [1.165, 1.54) is 5.56 Å². The normalized spacial score (nSPS) is 14.0. The first-order chi connectivity index (χ1) is 23.1. The summed E-state index contributed by atoms with van der Waals surface area (Å²) in [4.78, 5) is 32.8. The molecule has 47 heavy (non-hydrogen) atoms. The number of thiazole rings is 1. The molecule has 1 amide bonds. The molecule has 0 unspecified atom stereocenters. The highest BCUT2D eigenvalue weighted by Crippen LogP contribution is 2.35. The largest absolute Gasteiger partial charge is 0.395 e. The van der Waals surface area contributed by atoms with Crippen LogP contribution in [0.15, 0.2) is 103 Å². The lowest BCUT2D eigenvalue weighted by molar-refractivity contribution is -0.115. The van der Waals surface area contributed by atoms with Crippen molar-refractivity contribution in [2.24, 2.45) is 0 Å². The Labute approximate surface area is 277 Å². The van der Waals surface area contributed by atoms with Gasteiger partial charge in [-0.2, -0.15) is 0 Å². The molecule has 6 aromatic rings. The molecular weight excluding hydrogens is 609 g/mol. The number of carbonyl (C=O) groups excluding carboxylic acids is 1. The molecule has 0 bridgehead atoms. The van der Waals surface area contributed by atoms with Gasteiger partial charge in [0.25, 0.3) is 0 Å². The standard InChI is InChI=1S/C36H36N8O2S/c45-20-18-42-14-16-43(17-15-42)25-27-8-4-10-29(22-27)39-35-37-13-12-31(40-35)34-33(41-36-44(34)19-21-47-36)28-9-5-11-30(24-28)38-32(46)23-26-6-2-1-3-7-26/h1-13,19,21-22,24,45H,14-18,20,23,25H2,(H,38,46)(H,37,39,40). The van der Waals surface area contributed by atoms with Crippen LogP contribution in [0.25, 0.3) is 27.6 Å². The number of nitrogens with one attached hydrogen (secondary N) is 2. The molecule has 7 rings (SSSR count). The summed E-state index contributed by atoms with van der Waals surface area (Å²) in [7, 11) is 0. The van der Waals surface area contributed by atoms with E-state index < -0.39 is 0 Å². The first-order valence-electron chi connectivity index (χ1n) is 15.8. The van der Waals surface area contributed by atoms with Crippen molar-refractivity contribution in [1.82, 2.24) is 29.2 Å². The van der Waals surface area contributed by atoms with Crippen molar-refractivity contribution in [2.75, 3.05) is 50.0 Å². The summed E-state index contributed by atoms with van der Waals surface area (Å²) in [5, 5.41) is 17.7. The Morgan fingerprint density at radius 2 is 1.64 bits per heavy atom. The molecule has 0 saturated carbocycles. The number of hydrogen-bond donors (Lipinski definition) is 3. The van der Waals surface area contributed by atoms with Crippen LogP contribution >= 0.6 is 11.3 Å². The van der Waals surface area contributed by atoms with Crippen molar-refractivity contribution in [3.63, 3.8) is 0 Å². The van der Waals surface area contributed by atoms with Crippen molar-refractivity contribution in [2.45, 2.75) is 13.0 Å². The Balaban J connectivity index is 1.10. The molecule has 1 fully saturated rings. The monoisotopic (exact) mass is 644 g/mol. The molecule has 11 heteroatoms. The number of anilines is 3. The van der Waals surface area contributed by atoms with E-state index in [1.54, 1.807) is 17.5 Å². The zero-order valence-electron chi connectivity index (χ0n) is 25.9. The molecule has 4 heterocycles. The van der Waals surface area contributed by atoms with Gasteiger partial charge in [0.05, 0.1) is 24.4 Å². The number of fused-ring (bicyclic) bond motifs is 1. The smallest absolute Gasteiger partial charge is 0.228 e. The van der Waals surface area contributed by atoms with Crippen LogP contribution in [-0.2, 0) is 17.8 Å². The van der Waals surface area contributed by atoms with Gasteiger partial charge in [-0.25, -0.2) is 15.0 Å². The van der Waals surface area contributed by atoms with Gasteiger partial charge in [0, 0.05) is 74.0 Å². The van der Waals surface area contributed by atoms with Crippen LogP contribution in [-0.4, -0.2) is 79.5 Å². The molecule has 0 atom stereocenters. The van der Waals surface area contributed by atoms with Crippen LogP contribution in [0.3, 0.4) is 0 Å². The van der Waals surface area contributed by atoms with E-state index in [2.05, 4.69) is 43.6 Å². The van der Waals surface area contributed by atoms with E-state index in [9.17, 15) is 9.90 Å². The first-order valence-corrected chi connectivity index (χ1v) is 16.6. The molecular formula is C36H36N8O2S. The number of nitrogens with zero attached hydrogens (tertiary/aromatic N) is 6. The van der Waals surface area contributed by atoms with E-state index in [1.807, 2.05) is 82.7 Å². The quantitative estimate of drug-likeness (QED) is 0.168. The third-order valence-electron chi connectivity index (χ3n) is 8.26. The van der Waals surface area contributed by atoms with Crippen molar-refractivity contribution >= 4 is 39.5 Å². The summed E-state index contributed by atoms with van der Waals surface area (Å²) in [6, 6.07) is 27.8. The number of carbonyl (C=O) groups is 1. The van der Waals surface area contributed by atoms with Crippen molar-refractivity contribution in [3.8, 4) is 22.6 Å². The number of piperazine rings is 1. The number of hydrogen-bond acceptors (Lipinski definition) is 9. The summed E-state index contributed by atoms with van der Waals surface area (Å²) in [5.74, 6) is 0.422. The number of aromatic nitrogens is 4. The third kappa shape index (κ3) is 7.39. The second kappa shape index (κ2) is 14.2. The summed E-state index contributed by atoms with van der Waals surface area (Å²) < 4.78 is 2.05. The average Bonchev–Trinajstić information content (AvgIpc) is 3.69. The van der Waals surface area contributed by atoms with E-state index in [-0.39, 0.29) is 12.5 Å². The van der Waals surface area contributed by atoms with E-state index in [0.29, 0.717) is 18.1 Å². The van der Waals surface area contributed by atoms with Crippen LogP contribution < -0.4 is 10.6 Å². The molecule has 238 valence electrons. The molecule has 3 aromatic heterocycles. The van der Waals surface area contributed by atoms with Crippen molar-refractivity contribution in [3.05, 3.63) is 114 Å². The third-order valence-corrected chi connectivity index (χ3v) is 9.01. The van der Waals surface area contributed by atoms with Gasteiger partial charge in [0.15, 0.2) is 4.96 Å². The molecule has 1 aliphatic rings. The number of imidazole rings is 1. The fraction of sp³-hybridized carbons (Fsp3) is 0.222. The predicted octanol–water partition coefficient (Wildman–Crippen LogP) is 5.55. The van der Waals surface area contributed by atoms with Crippen molar-refractivity contribution < 1.29 is 9.90 Å². The minimum atomic E-state index is -0.0735. The highest BCUT2D eigenvalue weighted by atomic mass is 32.1. The molecule has 3 aromatic carbocycles. The Bertz CT molecular complexity index is 1970. The maximum Gasteiger partial charge on any atom is 0.228 e. The molecule has 1 saturated heterocycles. The molecule has 10 nitrogen and oxygen atoms in total. The van der Waals surface area contributed by atoms with Crippen LogP contribution in [0.5, 0.6) is 0 Å². The topological polar surface area (TPSA) is 111 Å². The fourth-order valence-corrected chi connectivity index (χ4v) is 6.67. The molecule has 0 spiro atoms. The fourth-order valence-electron chi connectivity index (χ4n) is 5.96.